The average Bonchev–Trinajstić information content (AvgIpc) is 2.67. The molecule has 0 unspecified atom stereocenters. The topological polar surface area (TPSA) is 61.8 Å². The summed E-state index contributed by atoms with van der Waals surface area (Å²) in [6.07, 6.45) is 14.2. The largest absolute Gasteiger partial charge is 0.460 e. The summed E-state index contributed by atoms with van der Waals surface area (Å²) < 4.78 is 16.3. The molecular weight excluding hydrogens is 368 g/mol. The van der Waals surface area contributed by atoms with Crippen molar-refractivity contribution in [3.63, 3.8) is 0 Å². The molecule has 0 saturated heterocycles. The SMILES string of the molecule is CCCCCCCCC(=O)O[C@H](C)COC[C@H](C)OC(=O)CCCCCCCC. The van der Waals surface area contributed by atoms with Gasteiger partial charge in [-0.05, 0) is 26.7 Å². The maximum atomic E-state index is 11.8. The maximum absolute atomic E-state index is 11.8. The molecule has 0 heterocycles. The Morgan fingerprint density at radius 2 is 0.931 bits per heavy atom. The zero-order chi connectivity index (χ0) is 21.7. The lowest BCUT2D eigenvalue weighted by Crippen LogP contribution is -2.25. The first-order valence-electron chi connectivity index (χ1n) is 12.0. The number of esters is 2. The Kier molecular flexibility index (Phi) is 19.4. The predicted molar refractivity (Wildman–Crippen MR) is 118 cm³/mol. The summed E-state index contributed by atoms with van der Waals surface area (Å²) in [6, 6.07) is 0. The van der Waals surface area contributed by atoms with Crippen LogP contribution < -0.4 is 0 Å². The number of hydrogen-bond acceptors (Lipinski definition) is 5. The van der Waals surface area contributed by atoms with E-state index in [0.717, 1.165) is 25.7 Å². The highest BCUT2D eigenvalue weighted by atomic mass is 16.6. The number of rotatable bonds is 20. The molecule has 0 saturated carbocycles. The minimum absolute atomic E-state index is 0.157. The quantitative estimate of drug-likeness (QED) is 0.171. The molecule has 0 aliphatic rings. The molecule has 2 atom stereocenters. The Bertz CT molecular complexity index is 361. The second kappa shape index (κ2) is 20.2. The van der Waals surface area contributed by atoms with Gasteiger partial charge in [0.1, 0.15) is 12.2 Å². The summed E-state index contributed by atoms with van der Waals surface area (Å²) in [5, 5.41) is 0. The Hall–Kier alpha value is -1.10. The standard InChI is InChI=1S/C24H46O5/c1-5-7-9-11-13-15-17-23(25)28-21(3)19-27-20-22(4)29-24(26)18-16-14-12-10-8-6-2/h21-22H,5-20H2,1-4H3/t21-,22+. The first-order chi connectivity index (χ1) is 14.0. The molecule has 0 aromatic heterocycles. The van der Waals surface area contributed by atoms with Crippen molar-refractivity contribution in [1.29, 1.82) is 0 Å². The maximum Gasteiger partial charge on any atom is 0.306 e. The van der Waals surface area contributed by atoms with Crippen LogP contribution in [-0.2, 0) is 23.8 Å². The number of ether oxygens (including phenoxy) is 3. The summed E-state index contributed by atoms with van der Waals surface area (Å²) >= 11 is 0. The Labute approximate surface area is 179 Å². The first kappa shape index (κ1) is 27.9. The van der Waals surface area contributed by atoms with Gasteiger partial charge in [0.15, 0.2) is 0 Å². The molecule has 0 aromatic carbocycles. The lowest BCUT2D eigenvalue weighted by atomic mass is 10.1. The molecule has 5 nitrogen and oxygen atoms in total. The molecule has 0 N–H and O–H groups in total. The van der Waals surface area contributed by atoms with Crippen LogP contribution in [0.25, 0.3) is 0 Å². The first-order valence-corrected chi connectivity index (χ1v) is 12.0. The van der Waals surface area contributed by atoms with E-state index in [9.17, 15) is 9.59 Å². The van der Waals surface area contributed by atoms with E-state index in [2.05, 4.69) is 13.8 Å². The molecule has 0 rings (SSSR count). The molecule has 0 radical (unpaired) electrons. The van der Waals surface area contributed by atoms with Gasteiger partial charge in [-0.1, -0.05) is 78.1 Å². The highest BCUT2D eigenvalue weighted by Gasteiger charge is 2.13. The third-order valence-corrected chi connectivity index (χ3v) is 4.84. The summed E-state index contributed by atoms with van der Waals surface area (Å²) in [7, 11) is 0. The molecule has 29 heavy (non-hydrogen) atoms. The van der Waals surface area contributed by atoms with Gasteiger partial charge in [0.05, 0.1) is 13.2 Å². The fourth-order valence-electron chi connectivity index (χ4n) is 3.13. The normalized spacial score (nSPS) is 13.1. The molecule has 0 aromatic rings. The number of carbonyl (C=O) groups is 2. The molecule has 0 amide bonds. The van der Waals surface area contributed by atoms with Gasteiger partial charge in [0, 0.05) is 12.8 Å². The van der Waals surface area contributed by atoms with Gasteiger partial charge in [0.2, 0.25) is 0 Å². The van der Waals surface area contributed by atoms with Crippen LogP contribution in [0.3, 0.4) is 0 Å². The third kappa shape index (κ3) is 20.0. The number of unbranched alkanes of at least 4 members (excludes halogenated alkanes) is 10. The Morgan fingerprint density at radius 1 is 0.586 bits per heavy atom. The van der Waals surface area contributed by atoms with Gasteiger partial charge in [-0.25, -0.2) is 0 Å². The minimum atomic E-state index is -0.284. The second-order valence-electron chi connectivity index (χ2n) is 8.17. The van der Waals surface area contributed by atoms with Crippen LogP contribution in [0.15, 0.2) is 0 Å². The monoisotopic (exact) mass is 414 g/mol. The van der Waals surface area contributed by atoms with E-state index in [0.29, 0.717) is 26.1 Å². The lowest BCUT2D eigenvalue weighted by molar-refractivity contribution is -0.154. The molecular formula is C24H46O5. The van der Waals surface area contributed by atoms with E-state index in [1.165, 1.54) is 51.4 Å². The van der Waals surface area contributed by atoms with E-state index in [-0.39, 0.29) is 24.1 Å². The Morgan fingerprint density at radius 3 is 1.31 bits per heavy atom. The predicted octanol–water partition coefficient (Wildman–Crippen LogP) is 6.37. The molecule has 0 fully saturated rings. The van der Waals surface area contributed by atoms with Gasteiger partial charge >= 0.3 is 11.9 Å². The van der Waals surface area contributed by atoms with Crippen molar-refractivity contribution in [3.8, 4) is 0 Å². The lowest BCUT2D eigenvalue weighted by Gasteiger charge is -2.17. The second-order valence-corrected chi connectivity index (χ2v) is 8.17. The molecule has 5 heteroatoms. The summed E-state index contributed by atoms with van der Waals surface area (Å²) in [6.45, 7) is 8.69. The summed E-state index contributed by atoms with van der Waals surface area (Å²) in [5.41, 5.74) is 0. The zero-order valence-electron chi connectivity index (χ0n) is 19.5. The summed E-state index contributed by atoms with van der Waals surface area (Å²) in [4.78, 5) is 23.6. The van der Waals surface area contributed by atoms with Crippen LogP contribution >= 0.6 is 0 Å². The van der Waals surface area contributed by atoms with Crippen LogP contribution in [-0.4, -0.2) is 37.4 Å². The van der Waals surface area contributed by atoms with E-state index in [1.807, 2.05) is 13.8 Å². The fourth-order valence-corrected chi connectivity index (χ4v) is 3.13. The van der Waals surface area contributed by atoms with Gasteiger partial charge in [-0.3, -0.25) is 9.59 Å². The van der Waals surface area contributed by atoms with Crippen molar-refractivity contribution in [2.75, 3.05) is 13.2 Å². The van der Waals surface area contributed by atoms with E-state index in [1.54, 1.807) is 0 Å². The van der Waals surface area contributed by atoms with Crippen LogP contribution in [0.1, 0.15) is 118 Å². The van der Waals surface area contributed by atoms with Gasteiger partial charge < -0.3 is 14.2 Å². The highest BCUT2D eigenvalue weighted by molar-refractivity contribution is 5.69. The van der Waals surface area contributed by atoms with Crippen molar-refractivity contribution in [2.45, 2.75) is 130 Å². The number of hydrogen-bond donors (Lipinski definition) is 0. The van der Waals surface area contributed by atoms with E-state index >= 15 is 0 Å². The van der Waals surface area contributed by atoms with Crippen LogP contribution in [0.5, 0.6) is 0 Å². The smallest absolute Gasteiger partial charge is 0.306 e. The van der Waals surface area contributed by atoms with E-state index < -0.39 is 0 Å². The van der Waals surface area contributed by atoms with Crippen molar-refractivity contribution in [2.24, 2.45) is 0 Å². The van der Waals surface area contributed by atoms with Crippen molar-refractivity contribution in [1.82, 2.24) is 0 Å². The molecule has 0 aliphatic carbocycles. The van der Waals surface area contributed by atoms with Crippen molar-refractivity contribution in [3.05, 3.63) is 0 Å². The Balaban J connectivity index is 3.62. The minimum Gasteiger partial charge on any atom is -0.460 e. The average molecular weight is 415 g/mol. The van der Waals surface area contributed by atoms with E-state index in [4.69, 9.17) is 14.2 Å². The van der Waals surface area contributed by atoms with Crippen LogP contribution in [0.4, 0.5) is 0 Å². The van der Waals surface area contributed by atoms with Crippen molar-refractivity contribution >= 4 is 11.9 Å². The third-order valence-electron chi connectivity index (χ3n) is 4.84. The van der Waals surface area contributed by atoms with Gasteiger partial charge in [-0.15, -0.1) is 0 Å². The highest BCUT2D eigenvalue weighted by Crippen LogP contribution is 2.09. The van der Waals surface area contributed by atoms with Crippen LogP contribution in [0.2, 0.25) is 0 Å². The van der Waals surface area contributed by atoms with Crippen LogP contribution in [0, 0.1) is 0 Å². The molecule has 0 aliphatic heterocycles. The summed E-state index contributed by atoms with van der Waals surface area (Å²) in [5.74, 6) is -0.315. The fraction of sp³-hybridized carbons (Fsp3) is 0.917. The molecule has 172 valence electrons. The zero-order valence-corrected chi connectivity index (χ0v) is 19.5. The number of carbonyl (C=O) groups excluding carboxylic acids is 2. The molecule has 0 bridgehead atoms. The van der Waals surface area contributed by atoms with Gasteiger partial charge in [0.25, 0.3) is 0 Å². The van der Waals surface area contributed by atoms with Gasteiger partial charge in [-0.2, -0.15) is 0 Å². The van der Waals surface area contributed by atoms with Crippen molar-refractivity contribution < 1.29 is 23.8 Å². The molecule has 0 spiro atoms.